The minimum Gasteiger partial charge on any atom is -0.211 e. The fourth-order valence-corrected chi connectivity index (χ4v) is 1.45. The number of nitrogens with zero attached hydrogens (tertiary/aromatic N) is 1. The molecule has 9 heavy (non-hydrogen) atoms. The molecule has 0 heterocycles. The molecule has 0 aromatic heterocycles. The topological polar surface area (TPSA) is 29.4 Å². The third kappa shape index (κ3) is 0.903. The number of isocyanates is 1. The van der Waals surface area contributed by atoms with Crippen molar-refractivity contribution in [2.75, 3.05) is 0 Å². The predicted octanol–water partition coefficient (Wildman–Crippen LogP) is 1.12. The largest absolute Gasteiger partial charge is 0.235 e. The van der Waals surface area contributed by atoms with Gasteiger partial charge in [-0.2, -0.15) is 0 Å². The van der Waals surface area contributed by atoms with Crippen LogP contribution in [-0.2, 0) is 4.79 Å². The third-order valence-corrected chi connectivity index (χ3v) is 2.25. The summed E-state index contributed by atoms with van der Waals surface area (Å²) in [7, 11) is 0. The number of hydrogen-bond acceptors (Lipinski definition) is 2. The maximum atomic E-state index is 9.75. The molecule has 0 N–H and O–H groups in total. The second-order valence-electron chi connectivity index (χ2n) is 3.02. The molecule has 0 aliphatic heterocycles. The van der Waals surface area contributed by atoms with Gasteiger partial charge in [0.1, 0.15) is 0 Å². The molecule has 2 saturated carbocycles. The van der Waals surface area contributed by atoms with Gasteiger partial charge in [0.25, 0.3) is 0 Å². The summed E-state index contributed by atoms with van der Waals surface area (Å²) in [5.74, 6) is 1.69. The van der Waals surface area contributed by atoms with E-state index in [9.17, 15) is 4.79 Å². The number of rotatable bonds is 2. The Morgan fingerprint density at radius 2 is 2.22 bits per heavy atom. The van der Waals surface area contributed by atoms with Gasteiger partial charge >= 0.3 is 0 Å². The molecule has 2 nitrogen and oxygen atoms in total. The van der Waals surface area contributed by atoms with Crippen LogP contribution in [0.5, 0.6) is 0 Å². The SMILES string of the molecule is O=C=NC1CC1C1CC1. The highest BCUT2D eigenvalue weighted by Gasteiger charge is 2.47. The normalized spacial score (nSPS) is 39.6. The zero-order chi connectivity index (χ0) is 6.27. The first-order valence-corrected chi connectivity index (χ1v) is 3.49. The fourth-order valence-electron chi connectivity index (χ4n) is 1.45. The minimum atomic E-state index is 0.370. The van der Waals surface area contributed by atoms with Gasteiger partial charge in [-0.15, -0.1) is 0 Å². The van der Waals surface area contributed by atoms with Crippen LogP contribution in [0.15, 0.2) is 4.99 Å². The number of hydrogen-bond donors (Lipinski definition) is 0. The van der Waals surface area contributed by atoms with Gasteiger partial charge in [0, 0.05) is 0 Å². The van der Waals surface area contributed by atoms with Crippen molar-refractivity contribution >= 4 is 6.08 Å². The average molecular weight is 123 g/mol. The molecule has 2 aliphatic rings. The van der Waals surface area contributed by atoms with E-state index in [4.69, 9.17) is 0 Å². The van der Waals surface area contributed by atoms with Crippen molar-refractivity contribution in [1.29, 1.82) is 0 Å². The molecular formula is C7H9NO. The van der Waals surface area contributed by atoms with Gasteiger partial charge in [-0.3, -0.25) is 0 Å². The van der Waals surface area contributed by atoms with Crippen molar-refractivity contribution in [2.24, 2.45) is 16.8 Å². The first-order chi connectivity index (χ1) is 4.42. The standard InChI is InChI=1S/C7H9NO/c9-4-8-7-3-6(7)5-1-2-5/h5-7H,1-3H2. The lowest BCUT2D eigenvalue weighted by atomic mass is 10.3. The highest BCUT2D eigenvalue weighted by Crippen LogP contribution is 2.51. The van der Waals surface area contributed by atoms with Crippen molar-refractivity contribution in [1.82, 2.24) is 0 Å². The second-order valence-corrected chi connectivity index (χ2v) is 3.02. The second kappa shape index (κ2) is 1.68. The van der Waals surface area contributed by atoms with Crippen LogP contribution in [0.2, 0.25) is 0 Å². The molecule has 2 unspecified atom stereocenters. The molecule has 0 amide bonds. The summed E-state index contributed by atoms with van der Waals surface area (Å²) in [5.41, 5.74) is 0. The maximum absolute atomic E-state index is 9.75. The van der Waals surface area contributed by atoms with E-state index in [2.05, 4.69) is 4.99 Å². The molecule has 2 aliphatic carbocycles. The van der Waals surface area contributed by atoms with Crippen LogP contribution in [0.25, 0.3) is 0 Å². The van der Waals surface area contributed by atoms with Crippen LogP contribution in [0.4, 0.5) is 0 Å². The molecular weight excluding hydrogens is 114 g/mol. The number of carbonyl (C=O) groups excluding carboxylic acids is 1. The minimum absolute atomic E-state index is 0.370. The van der Waals surface area contributed by atoms with Crippen molar-refractivity contribution in [3.63, 3.8) is 0 Å². The van der Waals surface area contributed by atoms with E-state index in [1.54, 1.807) is 6.08 Å². The van der Waals surface area contributed by atoms with Crippen molar-refractivity contribution in [3.8, 4) is 0 Å². The summed E-state index contributed by atoms with van der Waals surface area (Å²) in [6, 6.07) is 0.370. The van der Waals surface area contributed by atoms with Crippen molar-refractivity contribution in [2.45, 2.75) is 25.3 Å². The average Bonchev–Trinajstić information content (AvgIpc) is 2.58. The van der Waals surface area contributed by atoms with Crippen molar-refractivity contribution in [3.05, 3.63) is 0 Å². The van der Waals surface area contributed by atoms with Gasteiger partial charge in [0.05, 0.1) is 6.04 Å². The maximum Gasteiger partial charge on any atom is 0.235 e. The predicted molar refractivity (Wildman–Crippen MR) is 32.7 cm³/mol. The molecule has 2 rings (SSSR count). The highest BCUT2D eigenvalue weighted by molar-refractivity contribution is 5.35. The zero-order valence-corrected chi connectivity index (χ0v) is 5.21. The molecule has 0 spiro atoms. The Bertz CT molecular complexity index is 168. The highest BCUT2D eigenvalue weighted by atomic mass is 16.1. The summed E-state index contributed by atoms with van der Waals surface area (Å²) >= 11 is 0. The molecule has 0 aromatic carbocycles. The lowest BCUT2D eigenvalue weighted by Crippen LogP contribution is -1.84. The van der Waals surface area contributed by atoms with E-state index in [-0.39, 0.29) is 0 Å². The Morgan fingerprint density at radius 3 is 2.78 bits per heavy atom. The van der Waals surface area contributed by atoms with E-state index in [1.165, 1.54) is 12.8 Å². The summed E-state index contributed by atoms with van der Waals surface area (Å²) in [5, 5.41) is 0. The smallest absolute Gasteiger partial charge is 0.211 e. The van der Waals surface area contributed by atoms with E-state index < -0.39 is 0 Å². The Hall–Kier alpha value is -0.620. The van der Waals surface area contributed by atoms with Gasteiger partial charge in [0.2, 0.25) is 6.08 Å². The first-order valence-electron chi connectivity index (χ1n) is 3.49. The molecule has 0 aromatic rings. The molecule has 0 radical (unpaired) electrons. The monoisotopic (exact) mass is 123 g/mol. The lowest BCUT2D eigenvalue weighted by Gasteiger charge is -1.83. The van der Waals surface area contributed by atoms with Crippen LogP contribution >= 0.6 is 0 Å². The van der Waals surface area contributed by atoms with Gasteiger partial charge in [0.15, 0.2) is 0 Å². The van der Waals surface area contributed by atoms with Gasteiger partial charge in [-0.1, -0.05) is 0 Å². The molecule has 2 fully saturated rings. The van der Waals surface area contributed by atoms with Crippen LogP contribution in [-0.4, -0.2) is 12.1 Å². The zero-order valence-electron chi connectivity index (χ0n) is 5.21. The number of aliphatic imine (C=N–C) groups is 1. The Labute approximate surface area is 54.0 Å². The van der Waals surface area contributed by atoms with E-state index >= 15 is 0 Å². The Kier molecular flexibility index (Phi) is 0.967. The lowest BCUT2D eigenvalue weighted by molar-refractivity contribution is 0.561. The van der Waals surface area contributed by atoms with Crippen molar-refractivity contribution < 1.29 is 4.79 Å². The van der Waals surface area contributed by atoms with E-state index in [0.29, 0.717) is 6.04 Å². The van der Waals surface area contributed by atoms with E-state index in [0.717, 1.165) is 18.3 Å². The van der Waals surface area contributed by atoms with Crippen LogP contribution in [0.3, 0.4) is 0 Å². The van der Waals surface area contributed by atoms with Crippen LogP contribution in [0, 0.1) is 11.8 Å². The quantitative estimate of drug-likeness (QED) is 0.399. The third-order valence-electron chi connectivity index (χ3n) is 2.25. The molecule has 0 saturated heterocycles. The summed E-state index contributed by atoms with van der Waals surface area (Å²) in [6.07, 6.45) is 5.51. The Morgan fingerprint density at radius 1 is 1.44 bits per heavy atom. The molecule has 48 valence electrons. The van der Waals surface area contributed by atoms with Gasteiger partial charge in [-0.05, 0) is 31.1 Å². The van der Waals surface area contributed by atoms with Crippen LogP contribution in [0.1, 0.15) is 19.3 Å². The summed E-state index contributed by atoms with van der Waals surface area (Å²) < 4.78 is 0. The summed E-state index contributed by atoms with van der Waals surface area (Å²) in [4.78, 5) is 13.4. The summed E-state index contributed by atoms with van der Waals surface area (Å²) in [6.45, 7) is 0. The van der Waals surface area contributed by atoms with Gasteiger partial charge < -0.3 is 0 Å². The molecule has 2 atom stereocenters. The molecule has 2 heteroatoms. The Balaban J connectivity index is 1.87. The molecule has 0 bridgehead atoms. The van der Waals surface area contributed by atoms with E-state index in [1.807, 2.05) is 0 Å². The fraction of sp³-hybridized carbons (Fsp3) is 0.857. The van der Waals surface area contributed by atoms with Gasteiger partial charge in [-0.25, -0.2) is 9.79 Å². The van der Waals surface area contributed by atoms with Crippen LogP contribution < -0.4 is 0 Å². The first kappa shape index (κ1) is 5.19.